The molecule has 2 aromatic rings. The van der Waals surface area contributed by atoms with Crippen LogP contribution in [0.3, 0.4) is 0 Å². The lowest BCUT2D eigenvalue weighted by molar-refractivity contribution is -0.137. The Morgan fingerprint density at radius 2 is 2.00 bits per heavy atom. The number of anilines is 2. The van der Waals surface area contributed by atoms with Gasteiger partial charge >= 0.3 is 6.18 Å². The molecule has 0 spiro atoms. The molecule has 0 atom stereocenters. The first kappa shape index (κ1) is 18.3. The molecule has 1 amide bonds. The van der Waals surface area contributed by atoms with Gasteiger partial charge in [-0.05, 0) is 24.3 Å². The molecule has 11 heteroatoms. The number of thioether (sulfide) groups is 1. The maximum atomic E-state index is 12.5. The highest BCUT2D eigenvalue weighted by molar-refractivity contribution is 7.99. The number of benzene rings is 1. The van der Waals surface area contributed by atoms with Gasteiger partial charge in [-0.2, -0.15) is 18.4 Å². The van der Waals surface area contributed by atoms with Crippen molar-refractivity contribution in [2.75, 3.05) is 16.8 Å². The molecule has 0 bridgehead atoms. The highest BCUT2D eigenvalue weighted by Gasteiger charge is 2.30. The summed E-state index contributed by atoms with van der Waals surface area (Å²) in [4.78, 5) is 30.2. The Morgan fingerprint density at radius 1 is 1.36 bits per heavy atom. The Hall–Kier alpha value is -3.00. The molecule has 1 heterocycles. The lowest BCUT2D eigenvalue weighted by Crippen LogP contribution is -2.23. The van der Waals surface area contributed by atoms with Gasteiger partial charge in [0.25, 0.3) is 11.5 Å². The zero-order chi connectivity index (χ0) is 18.6. The van der Waals surface area contributed by atoms with E-state index in [0.29, 0.717) is 0 Å². The maximum absolute atomic E-state index is 12.5. The van der Waals surface area contributed by atoms with Gasteiger partial charge < -0.3 is 11.1 Å². The topological polar surface area (TPSA) is 125 Å². The minimum Gasteiger partial charge on any atom is -0.382 e. The van der Waals surface area contributed by atoms with Gasteiger partial charge in [0.15, 0.2) is 11.0 Å². The SMILES string of the molecule is N#CCSc1nc(N)c(NC(=O)c2ccc(C(F)(F)F)cc2)c(=O)[nH]1. The fraction of sp³-hybridized carbons (Fsp3) is 0.143. The van der Waals surface area contributed by atoms with Gasteiger partial charge in [0, 0.05) is 5.56 Å². The van der Waals surface area contributed by atoms with Crippen LogP contribution >= 0.6 is 11.8 Å². The highest BCUT2D eigenvalue weighted by Crippen LogP contribution is 2.29. The van der Waals surface area contributed by atoms with Crippen LogP contribution in [0.2, 0.25) is 0 Å². The molecule has 0 unspecified atom stereocenters. The number of carbonyl (C=O) groups excluding carboxylic acids is 1. The van der Waals surface area contributed by atoms with Crippen molar-refractivity contribution in [2.45, 2.75) is 11.3 Å². The van der Waals surface area contributed by atoms with Crippen LogP contribution in [-0.2, 0) is 6.18 Å². The van der Waals surface area contributed by atoms with Gasteiger partial charge in [-0.3, -0.25) is 14.6 Å². The molecule has 1 aromatic carbocycles. The largest absolute Gasteiger partial charge is 0.416 e. The number of amides is 1. The van der Waals surface area contributed by atoms with Crippen LogP contribution in [0.5, 0.6) is 0 Å². The molecule has 7 nitrogen and oxygen atoms in total. The van der Waals surface area contributed by atoms with Gasteiger partial charge in [0.05, 0.1) is 17.4 Å². The van der Waals surface area contributed by atoms with E-state index in [1.54, 1.807) is 0 Å². The van der Waals surface area contributed by atoms with Crippen molar-refractivity contribution in [3.63, 3.8) is 0 Å². The quantitative estimate of drug-likeness (QED) is 0.561. The number of nitrogen functional groups attached to an aromatic ring is 1. The smallest absolute Gasteiger partial charge is 0.382 e. The number of aromatic nitrogens is 2. The van der Waals surface area contributed by atoms with Crippen molar-refractivity contribution >= 4 is 29.2 Å². The number of nitrogens with one attached hydrogen (secondary N) is 2. The maximum Gasteiger partial charge on any atom is 0.416 e. The summed E-state index contributed by atoms with van der Waals surface area (Å²) in [6.07, 6.45) is -4.52. The molecule has 2 rings (SSSR count). The van der Waals surface area contributed by atoms with Crippen LogP contribution in [0.25, 0.3) is 0 Å². The molecule has 0 aliphatic heterocycles. The second-order valence-corrected chi connectivity index (χ2v) is 5.57. The van der Waals surface area contributed by atoms with Crippen LogP contribution in [0.15, 0.2) is 34.2 Å². The molecular formula is C14H10F3N5O2S. The number of halogens is 3. The molecule has 0 radical (unpaired) electrons. The van der Waals surface area contributed by atoms with Crippen molar-refractivity contribution in [1.82, 2.24) is 9.97 Å². The third kappa shape index (κ3) is 4.51. The van der Waals surface area contributed by atoms with Crippen molar-refractivity contribution in [3.8, 4) is 6.07 Å². The Bertz CT molecular complexity index is 887. The molecule has 25 heavy (non-hydrogen) atoms. The molecule has 0 saturated heterocycles. The summed E-state index contributed by atoms with van der Waals surface area (Å²) in [5.41, 5.74) is 3.55. The van der Waals surface area contributed by atoms with E-state index in [2.05, 4.69) is 15.3 Å². The lowest BCUT2D eigenvalue weighted by Gasteiger charge is -2.09. The Labute approximate surface area is 143 Å². The highest BCUT2D eigenvalue weighted by atomic mass is 32.2. The van der Waals surface area contributed by atoms with E-state index < -0.39 is 23.2 Å². The second kappa shape index (κ2) is 7.27. The second-order valence-electron chi connectivity index (χ2n) is 4.61. The Kier molecular flexibility index (Phi) is 5.33. The monoisotopic (exact) mass is 369 g/mol. The molecule has 0 fully saturated rings. The third-order valence-electron chi connectivity index (χ3n) is 2.91. The summed E-state index contributed by atoms with van der Waals surface area (Å²) in [5.74, 6) is -1.05. The summed E-state index contributed by atoms with van der Waals surface area (Å²) in [7, 11) is 0. The number of rotatable bonds is 4. The molecule has 0 saturated carbocycles. The lowest BCUT2D eigenvalue weighted by atomic mass is 10.1. The van der Waals surface area contributed by atoms with Gasteiger partial charge in [0.2, 0.25) is 0 Å². The first-order valence-corrected chi connectivity index (χ1v) is 7.59. The average molecular weight is 369 g/mol. The van der Waals surface area contributed by atoms with Gasteiger partial charge in [-0.1, -0.05) is 11.8 Å². The van der Waals surface area contributed by atoms with Crippen molar-refractivity contribution < 1.29 is 18.0 Å². The van der Waals surface area contributed by atoms with E-state index in [1.165, 1.54) is 0 Å². The van der Waals surface area contributed by atoms with Crippen molar-refractivity contribution in [3.05, 3.63) is 45.7 Å². The molecule has 4 N–H and O–H groups in total. The molecular weight excluding hydrogens is 359 g/mol. The number of H-pyrrole nitrogens is 1. The van der Waals surface area contributed by atoms with Crippen LogP contribution < -0.4 is 16.6 Å². The van der Waals surface area contributed by atoms with Gasteiger partial charge in [-0.25, -0.2) is 4.98 Å². The first-order chi connectivity index (χ1) is 11.7. The Balaban J connectivity index is 2.21. The number of nitrogens with two attached hydrogens (primary N) is 1. The Morgan fingerprint density at radius 3 is 2.52 bits per heavy atom. The van der Waals surface area contributed by atoms with E-state index >= 15 is 0 Å². The number of carbonyl (C=O) groups is 1. The summed E-state index contributed by atoms with van der Waals surface area (Å²) in [6.45, 7) is 0. The van der Waals surface area contributed by atoms with E-state index in [1.807, 2.05) is 6.07 Å². The molecule has 130 valence electrons. The zero-order valence-corrected chi connectivity index (χ0v) is 13.2. The van der Waals surface area contributed by atoms with Gasteiger partial charge in [-0.15, -0.1) is 0 Å². The molecule has 0 aliphatic rings. The fourth-order valence-corrected chi connectivity index (χ4v) is 2.28. The van der Waals surface area contributed by atoms with E-state index in [0.717, 1.165) is 36.0 Å². The van der Waals surface area contributed by atoms with Crippen molar-refractivity contribution in [2.24, 2.45) is 0 Å². The number of hydrogen-bond acceptors (Lipinski definition) is 6. The van der Waals surface area contributed by atoms with Crippen LogP contribution in [-0.4, -0.2) is 21.6 Å². The van der Waals surface area contributed by atoms with E-state index in [9.17, 15) is 22.8 Å². The molecule has 0 aliphatic carbocycles. The summed E-state index contributed by atoms with van der Waals surface area (Å²) < 4.78 is 37.5. The van der Waals surface area contributed by atoms with E-state index in [-0.39, 0.29) is 28.0 Å². The normalized spacial score (nSPS) is 11.0. The van der Waals surface area contributed by atoms with Crippen LogP contribution in [0, 0.1) is 11.3 Å². The van der Waals surface area contributed by atoms with Crippen LogP contribution in [0.4, 0.5) is 24.7 Å². The predicted octanol–water partition coefficient (Wildman–Crippen LogP) is 2.24. The summed E-state index contributed by atoms with van der Waals surface area (Å²) in [6, 6.07) is 5.31. The summed E-state index contributed by atoms with van der Waals surface area (Å²) >= 11 is 0.950. The third-order valence-corrected chi connectivity index (χ3v) is 3.65. The molecule has 1 aromatic heterocycles. The van der Waals surface area contributed by atoms with Crippen LogP contribution in [0.1, 0.15) is 15.9 Å². The minimum absolute atomic E-state index is 0.0413. The zero-order valence-electron chi connectivity index (χ0n) is 12.3. The number of hydrogen-bond donors (Lipinski definition) is 3. The summed E-state index contributed by atoms with van der Waals surface area (Å²) in [5, 5.41) is 10.8. The van der Waals surface area contributed by atoms with Crippen molar-refractivity contribution in [1.29, 1.82) is 5.26 Å². The number of nitrogens with zero attached hydrogens (tertiary/aromatic N) is 2. The fourth-order valence-electron chi connectivity index (χ4n) is 1.76. The number of aromatic amines is 1. The first-order valence-electron chi connectivity index (χ1n) is 6.60. The number of alkyl halides is 3. The van der Waals surface area contributed by atoms with E-state index in [4.69, 9.17) is 11.0 Å². The standard InChI is InChI=1S/C14H10F3N5O2S/c15-14(16,17)8-3-1-7(2-4-8)11(23)20-9-10(19)21-13(22-12(9)24)25-6-5-18/h1-4H,6H2,(H,20,23)(H3,19,21,22,24). The van der Waals surface area contributed by atoms with Gasteiger partial charge in [0.1, 0.15) is 5.69 Å². The average Bonchev–Trinajstić information content (AvgIpc) is 2.55. The predicted molar refractivity (Wildman–Crippen MR) is 85.0 cm³/mol. The minimum atomic E-state index is -4.52. The number of nitriles is 1.